The van der Waals surface area contributed by atoms with Crippen LogP contribution in [0.3, 0.4) is 0 Å². The monoisotopic (exact) mass is 468 g/mol. The van der Waals surface area contributed by atoms with Gasteiger partial charge >= 0.3 is 0 Å². The average Bonchev–Trinajstić information content (AvgIpc) is 3.16. The Hall–Kier alpha value is -3.73. The summed E-state index contributed by atoms with van der Waals surface area (Å²) in [4.78, 5) is 34.6. The Labute approximate surface area is 194 Å². The van der Waals surface area contributed by atoms with Gasteiger partial charge in [-0.25, -0.2) is 0 Å². The van der Waals surface area contributed by atoms with Crippen molar-refractivity contribution < 1.29 is 14.5 Å². The molecule has 0 aliphatic rings. The van der Waals surface area contributed by atoms with Crippen molar-refractivity contribution in [2.45, 2.75) is 39.4 Å². The van der Waals surface area contributed by atoms with Crippen LogP contribution in [0.25, 0.3) is 11.4 Å². The molecule has 0 fully saturated rings. The van der Waals surface area contributed by atoms with Crippen molar-refractivity contribution in [1.82, 2.24) is 14.8 Å². The normalized spacial score (nSPS) is 10.7. The molecule has 0 aliphatic carbocycles. The molecule has 0 radical (unpaired) electrons. The zero-order valence-corrected chi connectivity index (χ0v) is 19.5. The quantitative estimate of drug-likeness (QED) is 0.288. The number of nitrogens with zero attached hydrogens (tertiary/aromatic N) is 4. The standard InChI is InChI=1S/C22H24N6O4S/c1-5-27-21(16-6-8-17(9-7-16)23-15(4)29)25-26-22(27)33-12-19(30)24-20-14(3)10-13(2)11-18(20)28(31)32/h6-11H,5,12H2,1-4H3,(H,23,29)(H,24,30). The lowest BCUT2D eigenvalue weighted by atomic mass is 10.1. The highest BCUT2D eigenvalue weighted by Crippen LogP contribution is 2.30. The van der Waals surface area contributed by atoms with E-state index in [4.69, 9.17) is 0 Å². The second-order valence-electron chi connectivity index (χ2n) is 7.38. The Balaban J connectivity index is 1.73. The summed E-state index contributed by atoms with van der Waals surface area (Å²) in [6, 6.07) is 10.5. The van der Waals surface area contributed by atoms with Crippen LogP contribution in [0.5, 0.6) is 0 Å². The summed E-state index contributed by atoms with van der Waals surface area (Å²) >= 11 is 1.20. The van der Waals surface area contributed by atoms with E-state index in [2.05, 4.69) is 20.8 Å². The lowest BCUT2D eigenvalue weighted by Crippen LogP contribution is -2.16. The third-order valence-electron chi connectivity index (χ3n) is 4.75. The molecule has 1 heterocycles. The Morgan fingerprint density at radius 3 is 2.42 bits per heavy atom. The van der Waals surface area contributed by atoms with Gasteiger partial charge in [0, 0.05) is 30.8 Å². The summed E-state index contributed by atoms with van der Waals surface area (Å²) in [6.45, 7) is 7.47. The second kappa shape index (κ2) is 10.3. The number of nitro groups is 1. The first-order valence-corrected chi connectivity index (χ1v) is 11.2. The minimum absolute atomic E-state index is 0.0179. The number of aromatic nitrogens is 3. The predicted octanol–water partition coefficient (Wildman–Crippen LogP) is 4.18. The molecule has 33 heavy (non-hydrogen) atoms. The maximum atomic E-state index is 12.6. The van der Waals surface area contributed by atoms with Gasteiger partial charge in [-0.1, -0.05) is 17.8 Å². The molecule has 0 bridgehead atoms. The lowest BCUT2D eigenvalue weighted by Gasteiger charge is -2.11. The molecule has 2 N–H and O–H groups in total. The topological polar surface area (TPSA) is 132 Å². The second-order valence-corrected chi connectivity index (χ2v) is 8.32. The van der Waals surface area contributed by atoms with Crippen LogP contribution in [-0.4, -0.2) is 37.3 Å². The van der Waals surface area contributed by atoms with Gasteiger partial charge in [0.1, 0.15) is 5.69 Å². The molecule has 3 aromatic rings. The Morgan fingerprint density at radius 1 is 1.12 bits per heavy atom. The molecule has 1 aromatic heterocycles. The molecule has 11 heteroatoms. The smallest absolute Gasteiger partial charge is 0.293 e. The minimum Gasteiger partial charge on any atom is -0.326 e. The highest BCUT2D eigenvalue weighted by molar-refractivity contribution is 7.99. The van der Waals surface area contributed by atoms with Crippen molar-refractivity contribution in [3.05, 3.63) is 57.6 Å². The van der Waals surface area contributed by atoms with Crippen LogP contribution in [0.4, 0.5) is 17.1 Å². The number of aryl methyl sites for hydroxylation is 2. The van der Waals surface area contributed by atoms with Gasteiger partial charge in [-0.15, -0.1) is 10.2 Å². The van der Waals surface area contributed by atoms with Gasteiger partial charge in [-0.05, 0) is 56.2 Å². The number of anilines is 2. The molecule has 0 unspecified atom stereocenters. The van der Waals surface area contributed by atoms with Gasteiger partial charge in [-0.3, -0.25) is 19.7 Å². The number of thioether (sulfide) groups is 1. The number of nitrogens with one attached hydrogen (secondary N) is 2. The molecular weight excluding hydrogens is 444 g/mol. The van der Waals surface area contributed by atoms with Gasteiger partial charge in [0.05, 0.1) is 10.7 Å². The molecule has 2 aromatic carbocycles. The van der Waals surface area contributed by atoms with Crippen LogP contribution in [-0.2, 0) is 16.1 Å². The van der Waals surface area contributed by atoms with E-state index in [0.29, 0.717) is 28.8 Å². The average molecular weight is 469 g/mol. The number of carbonyl (C=O) groups excluding carboxylic acids is 2. The van der Waals surface area contributed by atoms with E-state index in [-0.39, 0.29) is 28.9 Å². The van der Waals surface area contributed by atoms with E-state index < -0.39 is 4.92 Å². The molecule has 3 rings (SSSR count). The van der Waals surface area contributed by atoms with Gasteiger partial charge in [0.15, 0.2) is 11.0 Å². The number of carbonyl (C=O) groups is 2. The first kappa shape index (κ1) is 23.9. The van der Waals surface area contributed by atoms with Gasteiger partial charge < -0.3 is 15.2 Å². The zero-order valence-electron chi connectivity index (χ0n) is 18.7. The largest absolute Gasteiger partial charge is 0.326 e. The molecule has 2 amide bonds. The summed E-state index contributed by atoms with van der Waals surface area (Å²) < 4.78 is 1.88. The zero-order chi connectivity index (χ0) is 24.1. The van der Waals surface area contributed by atoms with Crippen LogP contribution >= 0.6 is 11.8 Å². The lowest BCUT2D eigenvalue weighted by molar-refractivity contribution is -0.384. The number of benzene rings is 2. The van der Waals surface area contributed by atoms with E-state index in [1.54, 1.807) is 32.0 Å². The summed E-state index contributed by atoms with van der Waals surface area (Å²) in [5, 5.41) is 25.8. The van der Waals surface area contributed by atoms with Crippen molar-refractivity contribution in [1.29, 1.82) is 0 Å². The maximum absolute atomic E-state index is 12.6. The highest BCUT2D eigenvalue weighted by atomic mass is 32.2. The summed E-state index contributed by atoms with van der Waals surface area (Å²) in [6.07, 6.45) is 0. The third-order valence-corrected chi connectivity index (χ3v) is 5.72. The van der Waals surface area contributed by atoms with Crippen molar-refractivity contribution in [2.75, 3.05) is 16.4 Å². The maximum Gasteiger partial charge on any atom is 0.293 e. The number of rotatable bonds is 8. The van der Waals surface area contributed by atoms with Crippen LogP contribution in [0.15, 0.2) is 41.6 Å². The van der Waals surface area contributed by atoms with Gasteiger partial charge in [0.25, 0.3) is 5.69 Å². The Bertz CT molecular complexity index is 1210. The van der Waals surface area contributed by atoms with E-state index in [1.807, 2.05) is 23.6 Å². The number of hydrogen-bond donors (Lipinski definition) is 2. The Morgan fingerprint density at radius 2 is 1.82 bits per heavy atom. The van der Waals surface area contributed by atoms with Crippen LogP contribution in [0.1, 0.15) is 25.0 Å². The first-order chi connectivity index (χ1) is 15.7. The van der Waals surface area contributed by atoms with Crippen molar-refractivity contribution in [3.63, 3.8) is 0 Å². The molecule has 10 nitrogen and oxygen atoms in total. The van der Waals surface area contributed by atoms with Crippen LogP contribution in [0.2, 0.25) is 0 Å². The first-order valence-electron chi connectivity index (χ1n) is 10.2. The molecule has 0 atom stereocenters. The number of amides is 2. The highest BCUT2D eigenvalue weighted by Gasteiger charge is 2.20. The summed E-state index contributed by atoms with van der Waals surface area (Å²) in [5.74, 6) is 0.133. The van der Waals surface area contributed by atoms with Crippen molar-refractivity contribution >= 4 is 40.6 Å². The number of nitro benzene ring substituents is 1. The van der Waals surface area contributed by atoms with Crippen molar-refractivity contribution in [3.8, 4) is 11.4 Å². The van der Waals surface area contributed by atoms with Gasteiger partial charge in [-0.2, -0.15) is 0 Å². The predicted molar refractivity (Wildman–Crippen MR) is 127 cm³/mol. The van der Waals surface area contributed by atoms with E-state index >= 15 is 0 Å². The fourth-order valence-electron chi connectivity index (χ4n) is 3.36. The van der Waals surface area contributed by atoms with Crippen molar-refractivity contribution in [2.24, 2.45) is 0 Å². The molecular formula is C22H24N6O4S. The summed E-state index contributed by atoms with van der Waals surface area (Å²) in [7, 11) is 0. The molecule has 172 valence electrons. The molecule has 0 aliphatic heterocycles. The fourth-order valence-corrected chi connectivity index (χ4v) is 4.16. The summed E-state index contributed by atoms with van der Waals surface area (Å²) in [5.41, 5.74) is 2.95. The molecule has 0 spiro atoms. The number of hydrogen-bond acceptors (Lipinski definition) is 7. The van der Waals surface area contributed by atoms with E-state index in [9.17, 15) is 19.7 Å². The third kappa shape index (κ3) is 5.75. The minimum atomic E-state index is -0.500. The fraction of sp³-hybridized carbons (Fsp3) is 0.273. The van der Waals surface area contributed by atoms with E-state index in [1.165, 1.54) is 24.8 Å². The van der Waals surface area contributed by atoms with E-state index in [0.717, 1.165) is 11.1 Å². The molecule has 0 saturated heterocycles. The Kier molecular flexibility index (Phi) is 7.44. The van der Waals surface area contributed by atoms with Gasteiger partial charge in [0.2, 0.25) is 11.8 Å². The van der Waals surface area contributed by atoms with Crippen LogP contribution in [0, 0.1) is 24.0 Å². The van der Waals surface area contributed by atoms with Crippen LogP contribution < -0.4 is 10.6 Å². The SMILES string of the molecule is CCn1c(SCC(=O)Nc2c(C)cc(C)cc2[N+](=O)[O-])nnc1-c1ccc(NC(C)=O)cc1. The molecule has 0 saturated carbocycles.